The Morgan fingerprint density at radius 1 is 1.29 bits per heavy atom. The molecule has 4 heteroatoms. The maximum absolute atomic E-state index is 5.72. The number of unbranched alkanes of at least 4 members (excludes halogenated alkanes) is 1. The fourth-order valence-corrected chi connectivity index (χ4v) is 1.88. The van der Waals surface area contributed by atoms with E-state index in [2.05, 4.69) is 35.2 Å². The Balaban J connectivity index is 2.45. The van der Waals surface area contributed by atoms with E-state index in [0.717, 1.165) is 36.1 Å². The number of aromatic nitrogens is 2. The van der Waals surface area contributed by atoms with Crippen LogP contribution in [-0.4, -0.2) is 16.5 Å². The second-order valence-electron chi connectivity index (χ2n) is 4.18. The van der Waals surface area contributed by atoms with Gasteiger partial charge in [-0.25, -0.2) is 4.98 Å². The minimum absolute atomic E-state index is 0.321. The summed E-state index contributed by atoms with van der Waals surface area (Å²) in [7, 11) is 0. The molecule has 0 unspecified atom stereocenters. The van der Waals surface area contributed by atoms with E-state index in [0.29, 0.717) is 5.95 Å². The maximum Gasteiger partial charge on any atom is 0.222 e. The molecule has 1 heterocycles. The molecule has 0 bridgehead atoms. The number of nitrogens with zero attached hydrogens (tertiary/aromatic N) is 2. The molecule has 1 aromatic heterocycles. The standard InChI is InChI=1S/C13H18N4/c1-3-4-8-15-12-11-9(2)6-5-7-10(11)16-13(14)17-12/h5-7H,3-4,8H2,1-2H3,(H3,14,15,16,17). The maximum atomic E-state index is 5.72. The lowest BCUT2D eigenvalue weighted by Gasteiger charge is -2.10. The molecule has 0 spiro atoms. The van der Waals surface area contributed by atoms with Crippen LogP contribution in [0.25, 0.3) is 10.9 Å². The third-order valence-electron chi connectivity index (χ3n) is 2.77. The van der Waals surface area contributed by atoms with Crippen molar-refractivity contribution in [3.63, 3.8) is 0 Å². The van der Waals surface area contributed by atoms with Crippen LogP contribution in [0.15, 0.2) is 18.2 Å². The van der Waals surface area contributed by atoms with Gasteiger partial charge >= 0.3 is 0 Å². The second kappa shape index (κ2) is 4.99. The third-order valence-corrected chi connectivity index (χ3v) is 2.77. The topological polar surface area (TPSA) is 63.8 Å². The number of nitrogen functional groups attached to an aromatic ring is 1. The van der Waals surface area contributed by atoms with E-state index in [9.17, 15) is 0 Å². The predicted molar refractivity (Wildman–Crippen MR) is 72.1 cm³/mol. The molecule has 4 nitrogen and oxygen atoms in total. The van der Waals surface area contributed by atoms with Gasteiger partial charge in [0.1, 0.15) is 5.82 Å². The smallest absolute Gasteiger partial charge is 0.222 e. The zero-order valence-corrected chi connectivity index (χ0v) is 10.3. The van der Waals surface area contributed by atoms with Gasteiger partial charge in [-0.05, 0) is 25.0 Å². The summed E-state index contributed by atoms with van der Waals surface area (Å²) in [5.41, 5.74) is 7.78. The Kier molecular flexibility index (Phi) is 3.42. The largest absolute Gasteiger partial charge is 0.369 e. The van der Waals surface area contributed by atoms with E-state index in [1.165, 1.54) is 5.56 Å². The Bertz CT molecular complexity index is 522. The first-order chi connectivity index (χ1) is 8.22. The zero-order valence-electron chi connectivity index (χ0n) is 10.3. The quantitative estimate of drug-likeness (QED) is 0.793. The average molecular weight is 230 g/mol. The molecule has 90 valence electrons. The molecule has 0 fully saturated rings. The van der Waals surface area contributed by atoms with Crippen LogP contribution < -0.4 is 11.1 Å². The highest BCUT2D eigenvalue weighted by Gasteiger charge is 2.07. The first-order valence-corrected chi connectivity index (χ1v) is 5.99. The molecule has 2 rings (SSSR count). The fourth-order valence-electron chi connectivity index (χ4n) is 1.88. The van der Waals surface area contributed by atoms with E-state index in [-0.39, 0.29) is 0 Å². The molecule has 0 aliphatic heterocycles. The number of benzene rings is 1. The first-order valence-electron chi connectivity index (χ1n) is 5.99. The highest BCUT2D eigenvalue weighted by Crippen LogP contribution is 2.24. The number of hydrogen-bond donors (Lipinski definition) is 2. The van der Waals surface area contributed by atoms with Crippen molar-refractivity contribution < 1.29 is 0 Å². The lowest BCUT2D eigenvalue weighted by molar-refractivity contribution is 0.832. The Hall–Kier alpha value is -1.84. The van der Waals surface area contributed by atoms with E-state index in [4.69, 9.17) is 5.73 Å². The van der Waals surface area contributed by atoms with Gasteiger partial charge in [-0.3, -0.25) is 0 Å². The van der Waals surface area contributed by atoms with Crippen LogP contribution in [-0.2, 0) is 0 Å². The molecule has 1 aromatic carbocycles. The lowest BCUT2D eigenvalue weighted by Crippen LogP contribution is -2.07. The van der Waals surface area contributed by atoms with Gasteiger partial charge in [0.25, 0.3) is 0 Å². The predicted octanol–water partition coefficient (Wildman–Crippen LogP) is 2.73. The summed E-state index contributed by atoms with van der Waals surface area (Å²) in [5.74, 6) is 1.17. The van der Waals surface area contributed by atoms with Crippen LogP contribution in [0.5, 0.6) is 0 Å². The van der Waals surface area contributed by atoms with Crippen molar-refractivity contribution in [2.24, 2.45) is 0 Å². The fraction of sp³-hybridized carbons (Fsp3) is 0.385. The Labute approximate surface area is 101 Å². The molecule has 0 amide bonds. The van der Waals surface area contributed by atoms with Gasteiger partial charge in [0, 0.05) is 11.9 Å². The van der Waals surface area contributed by atoms with Crippen molar-refractivity contribution in [2.45, 2.75) is 26.7 Å². The van der Waals surface area contributed by atoms with Crippen molar-refractivity contribution >= 4 is 22.7 Å². The van der Waals surface area contributed by atoms with Gasteiger partial charge in [0.05, 0.1) is 5.52 Å². The van der Waals surface area contributed by atoms with Crippen LogP contribution in [0.4, 0.5) is 11.8 Å². The van der Waals surface area contributed by atoms with Crippen molar-refractivity contribution in [1.29, 1.82) is 0 Å². The highest BCUT2D eigenvalue weighted by atomic mass is 15.1. The lowest BCUT2D eigenvalue weighted by atomic mass is 10.1. The molecule has 0 saturated carbocycles. The molecule has 3 N–H and O–H groups in total. The molecule has 17 heavy (non-hydrogen) atoms. The molecular weight excluding hydrogens is 212 g/mol. The van der Waals surface area contributed by atoms with E-state index < -0.39 is 0 Å². The minimum atomic E-state index is 0.321. The number of hydrogen-bond acceptors (Lipinski definition) is 4. The molecule has 0 aliphatic rings. The summed E-state index contributed by atoms with van der Waals surface area (Å²) in [6.07, 6.45) is 2.28. The highest BCUT2D eigenvalue weighted by molar-refractivity contribution is 5.92. The van der Waals surface area contributed by atoms with E-state index >= 15 is 0 Å². The van der Waals surface area contributed by atoms with Gasteiger partial charge in [0.15, 0.2) is 0 Å². The normalized spacial score (nSPS) is 10.7. The van der Waals surface area contributed by atoms with Crippen LogP contribution in [0.1, 0.15) is 25.3 Å². The molecular formula is C13H18N4. The van der Waals surface area contributed by atoms with Gasteiger partial charge < -0.3 is 11.1 Å². The molecule has 0 aliphatic carbocycles. The van der Waals surface area contributed by atoms with E-state index in [1.54, 1.807) is 0 Å². The second-order valence-corrected chi connectivity index (χ2v) is 4.18. The summed E-state index contributed by atoms with van der Waals surface area (Å²) in [4.78, 5) is 8.54. The number of fused-ring (bicyclic) bond motifs is 1. The molecule has 0 radical (unpaired) electrons. The molecule has 0 atom stereocenters. The van der Waals surface area contributed by atoms with Gasteiger partial charge in [-0.2, -0.15) is 4.98 Å². The summed E-state index contributed by atoms with van der Waals surface area (Å²) in [6.45, 7) is 5.14. The number of nitrogens with one attached hydrogen (secondary N) is 1. The summed E-state index contributed by atoms with van der Waals surface area (Å²) in [6, 6.07) is 6.01. The SMILES string of the molecule is CCCCNc1nc(N)nc2cccc(C)c12. The van der Waals surface area contributed by atoms with Crippen LogP contribution in [0, 0.1) is 6.92 Å². The van der Waals surface area contributed by atoms with Crippen molar-refractivity contribution in [3.05, 3.63) is 23.8 Å². The number of rotatable bonds is 4. The van der Waals surface area contributed by atoms with Crippen molar-refractivity contribution in [2.75, 3.05) is 17.6 Å². The third kappa shape index (κ3) is 2.46. The number of aryl methyl sites for hydroxylation is 1. The Morgan fingerprint density at radius 3 is 2.88 bits per heavy atom. The zero-order chi connectivity index (χ0) is 12.3. The van der Waals surface area contributed by atoms with Crippen molar-refractivity contribution in [3.8, 4) is 0 Å². The first kappa shape index (κ1) is 11.6. The average Bonchev–Trinajstić information content (AvgIpc) is 2.28. The van der Waals surface area contributed by atoms with Gasteiger partial charge in [-0.15, -0.1) is 0 Å². The van der Waals surface area contributed by atoms with Gasteiger partial charge in [0.2, 0.25) is 5.95 Å². The molecule has 0 saturated heterocycles. The summed E-state index contributed by atoms with van der Waals surface area (Å²) >= 11 is 0. The van der Waals surface area contributed by atoms with Crippen LogP contribution >= 0.6 is 0 Å². The number of nitrogens with two attached hydrogens (primary N) is 1. The van der Waals surface area contributed by atoms with Crippen LogP contribution in [0.3, 0.4) is 0 Å². The Morgan fingerprint density at radius 2 is 2.12 bits per heavy atom. The number of anilines is 2. The minimum Gasteiger partial charge on any atom is -0.369 e. The summed E-state index contributed by atoms with van der Waals surface area (Å²) < 4.78 is 0. The monoisotopic (exact) mass is 230 g/mol. The van der Waals surface area contributed by atoms with Crippen molar-refractivity contribution in [1.82, 2.24) is 9.97 Å². The molecule has 2 aromatic rings. The van der Waals surface area contributed by atoms with E-state index in [1.807, 2.05) is 12.1 Å². The van der Waals surface area contributed by atoms with Gasteiger partial charge in [-0.1, -0.05) is 25.5 Å². The van der Waals surface area contributed by atoms with Crippen LogP contribution in [0.2, 0.25) is 0 Å². The summed E-state index contributed by atoms with van der Waals surface area (Å²) in [5, 5.41) is 4.41.